The van der Waals surface area contributed by atoms with Crippen molar-refractivity contribution in [1.82, 2.24) is 9.29 Å². The highest BCUT2D eigenvalue weighted by atomic mass is 32.2. The van der Waals surface area contributed by atoms with E-state index >= 15 is 0 Å². The highest BCUT2D eigenvalue weighted by Crippen LogP contribution is 2.26. The average molecular weight is 353 g/mol. The van der Waals surface area contributed by atoms with Crippen molar-refractivity contribution in [2.24, 2.45) is 17.3 Å². The summed E-state index contributed by atoms with van der Waals surface area (Å²) in [5.74, 6) is -0.298. The fourth-order valence-electron chi connectivity index (χ4n) is 2.34. The fraction of sp³-hybridized carbons (Fsp3) is 0.471. The van der Waals surface area contributed by atoms with Crippen LogP contribution in [0.3, 0.4) is 0 Å². The molecule has 6 nitrogen and oxygen atoms in total. The highest BCUT2D eigenvalue weighted by molar-refractivity contribution is 7.91. The van der Waals surface area contributed by atoms with Gasteiger partial charge < -0.3 is 9.30 Å². The van der Waals surface area contributed by atoms with Crippen molar-refractivity contribution in [3.8, 4) is 0 Å². The summed E-state index contributed by atoms with van der Waals surface area (Å²) >= 11 is 0. The van der Waals surface area contributed by atoms with Crippen molar-refractivity contribution in [1.29, 1.82) is 0 Å². The number of aryl methyl sites for hydroxylation is 1. The quantitative estimate of drug-likeness (QED) is 0.577. The van der Waals surface area contributed by atoms with Crippen LogP contribution in [0.25, 0.3) is 6.08 Å². The number of rotatable bonds is 8. The van der Waals surface area contributed by atoms with Crippen molar-refractivity contribution in [2.45, 2.75) is 31.7 Å². The molecule has 0 saturated carbocycles. The van der Waals surface area contributed by atoms with E-state index in [0.717, 1.165) is 0 Å². The van der Waals surface area contributed by atoms with E-state index in [2.05, 4.69) is 22.2 Å². The molecule has 24 heavy (non-hydrogen) atoms. The molecule has 0 saturated heterocycles. The van der Waals surface area contributed by atoms with Gasteiger partial charge in [0.1, 0.15) is 15.6 Å². The Morgan fingerprint density at radius 3 is 2.54 bits per heavy atom. The second-order valence-electron chi connectivity index (χ2n) is 5.62. The summed E-state index contributed by atoms with van der Waals surface area (Å²) in [7, 11) is 0.235. The Bertz CT molecular complexity index is 741. The first-order valence-corrected chi connectivity index (χ1v) is 9.31. The van der Waals surface area contributed by atoms with E-state index < -0.39 is 15.9 Å². The van der Waals surface area contributed by atoms with Crippen molar-refractivity contribution < 1.29 is 13.7 Å². The third kappa shape index (κ3) is 3.96. The zero-order valence-corrected chi connectivity index (χ0v) is 15.9. The van der Waals surface area contributed by atoms with E-state index in [1.165, 1.54) is 13.1 Å². The third-order valence-corrected chi connectivity index (χ3v) is 5.71. The zero-order valence-electron chi connectivity index (χ0n) is 15.0. The van der Waals surface area contributed by atoms with Gasteiger partial charge in [0.2, 0.25) is 0 Å². The van der Waals surface area contributed by atoms with Gasteiger partial charge in [-0.25, -0.2) is 18.1 Å². The Kier molecular flexibility index (Phi) is 6.98. The third-order valence-electron chi connectivity index (χ3n) is 3.68. The number of carbonyl (C=O) groups is 1. The summed E-state index contributed by atoms with van der Waals surface area (Å²) in [6, 6.07) is -0.190. The van der Waals surface area contributed by atoms with Crippen LogP contribution in [-0.4, -0.2) is 34.4 Å². The van der Waals surface area contributed by atoms with Crippen LogP contribution in [0, 0.1) is 5.92 Å². The first kappa shape index (κ1) is 20.2. The Morgan fingerprint density at radius 1 is 1.50 bits per heavy atom. The van der Waals surface area contributed by atoms with Gasteiger partial charge >= 0.3 is 5.97 Å². The van der Waals surface area contributed by atoms with Gasteiger partial charge in [0.05, 0.1) is 11.5 Å². The molecule has 0 fully saturated rings. The minimum absolute atomic E-state index is 0.186. The second-order valence-corrected chi connectivity index (χ2v) is 7.72. The molecule has 0 aliphatic rings. The number of hydrogen-bond donors (Lipinski definition) is 1. The molecule has 1 unspecified atom stereocenters. The second kappa shape index (κ2) is 8.30. The molecule has 7 heteroatoms. The van der Waals surface area contributed by atoms with Gasteiger partial charge in [-0.05, 0) is 12.8 Å². The van der Waals surface area contributed by atoms with Crippen LogP contribution in [0.15, 0.2) is 34.7 Å². The number of aromatic nitrogens is 1. The van der Waals surface area contributed by atoms with Crippen LogP contribution >= 0.6 is 0 Å². The number of hydrogen-bond acceptors (Lipinski definition) is 4. The van der Waals surface area contributed by atoms with Crippen LogP contribution in [0.1, 0.15) is 36.8 Å². The average Bonchev–Trinajstić information content (AvgIpc) is 2.89. The van der Waals surface area contributed by atoms with Crippen LogP contribution in [0.4, 0.5) is 0 Å². The Hall–Kier alpha value is -1.86. The maximum absolute atomic E-state index is 13.4. The molecule has 0 amide bonds. The molecule has 0 radical (unpaired) electrons. The van der Waals surface area contributed by atoms with Gasteiger partial charge in [-0.3, -0.25) is 0 Å². The maximum Gasteiger partial charge on any atom is 0.355 e. The van der Waals surface area contributed by atoms with Crippen molar-refractivity contribution in [3.63, 3.8) is 0 Å². The van der Waals surface area contributed by atoms with Crippen molar-refractivity contribution >= 4 is 22.0 Å². The van der Waals surface area contributed by atoms with Gasteiger partial charge in [0, 0.05) is 31.9 Å². The van der Waals surface area contributed by atoms with E-state index in [1.54, 1.807) is 30.8 Å². The van der Waals surface area contributed by atoms with Crippen LogP contribution in [0.2, 0.25) is 0 Å². The van der Waals surface area contributed by atoms with E-state index in [0.29, 0.717) is 16.2 Å². The molecule has 1 rings (SSSR count). The first-order chi connectivity index (χ1) is 11.2. The van der Waals surface area contributed by atoms with Crippen molar-refractivity contribution in [2.75, 3.05) is 13.7 Å². The molecule has 0 aromatic carbocycles. The Labute approximate surface area is 144 Å². The number of esters is 1. The predicted molar refractivity (Wildman–Crippen MR) is 98.2 cm³/mol. The highest BCUT2D eigenvalue weighted by Gasteiger charge is 2.27. The Morgan fingerprint density at radius 2 is 2.12 bits per heavy atom. The molecule has 2 atom stereocenters. The number of nitrogens with zero attached hydrogens (tertiary/aromatic N) is 2. The molecule has 0 bridgehead atoms. The number of ether oxygens (including phenoxy) is 1. The summed E-state index contributed by atoms with van der Waals surface area (Å²) in [6.45, 7) is 13.5. The minimum atomic E-state index is -2.95. The van der Waals surface area contributed by atoms with Gasteiger partial charge in [0.25, 0.3) is 0 Å². The van der Waals surface area contributed by atoms with Crippen LogP contribution in [0.5, 0.6) is 0 Å². The lowest BCUT2D eigenvalue weighted by Crippen LogP contribution is -2.36. The molecular formula is C17H27N3O3S. The summed E-state index contributed by atoms with van der Waals surface area (Å²) in [5.41, 5.74) is 0.769. The topological polar surface area (TPSA) is 72.7 Å². The molecule has 1 aromatic rings. The van der Waals surface area contributed by atoms with Gasteiger partial charge in [-0.2, -0.15) is 0 Å². The lowest BCUT2D eigenvalue weighted by molar-refractivity contribution is 0.0515. The summed E-state index contributed by atoms with van der Waals surface area (Å²) in [5, 5.41) is 0. The van der Waals surface area contributed by atoms with Gasteiger partial charge in [0.15, 0.2) is 0 Å². The smallest absolute Gasteiger partial charge is 0.355 e. The maximum atomic E-state index is 13.4. The largest absolute Gasteiger partial charge is 0.461 e. The standard InChI is InChI=1S/C17H27N3O3S/c1-8-13-15(11-20(7)16(13)17(21)23-10-3)24(22,18-6)19-14(9-2)12(4)5/h8-9,11-12,14H,1-2,10H2,3-7H3,(H,18,19,22)/t14-,24?/m1/s1. The van der Waals surface area contributed by atoms with Crippen LogP contribution in [-0.2, 0) is 21.7 Å². The summed E-state index contributed by atoms with van der Waals surface area (Å²) in [4.78, 5) is 12.6. The molecule has 0 aliphatic carbocycles. The molecule has 1 aromatic heterocycles. The molecule has 1 N–H and O–H groups in total. The van der Waals surface area contributed by atoms with Gasteiger partial charge in [-0.15, -0.1) is 6.58 Å². The number of nitrogens with one attached hydrogen (secondary N) is 1. The summed E-state index contributed by atoms with van der Waals surface area (Å²) in [6.07, 6.45) is 4.84. The van der Waals surface area contributed by atoms with E-state index in [4.69, 9.17) is 4.74 Å². The summed E-state index contributed by atoms with van der Waals surface area (Å²) < 4.78 is 27.2. The minimum Gasteiger partial charge on any atom is -0.461 e. The molecule has 0 aliphatic heterocycles. The number of carbonyl (C=O) groups excluding carboxylic acids is 1. The van der Waals surface area contributed by atoms with E-state index in [9.17, 15) is 9.00 Å². The fourth-order valence-corrected chi connectivity index (χ4v) is 4.29. The van der Waals surface area contributed by atoms with Crippen molar-refractivity contribution in [3.05, 3.63) is 36.7 Å². The first-order valence-electron chi connectivity index (χ1n) is 7.79. The molecule has 1 heterocycles. The lowest BCUT2D eigenvalue weighted by atomic mass is 10.1. The molecular weight excluding hydrogens is 326 g/mol. The normalized spacial score (nSPS) is 14.8. The zero-order chi connectivity index (χ0) is 18.5. The van der Waals surface area contributed by atoms with E-state index in [-0.39, 0.29) is 18.6 Å². The van der Waals surface area contributed by atoms with E-state index in [1.807, 2.05) is 13.8 Å². The van der Waals surface area contributed by atoms with Gasteiger partial charge in [-0.1, -0.05) is 32.6 Å². The van der Waals surface area contributed by atoms with Crippen LogP contribution < -0.4 is 4.72 Å². The predicted octanol–water partition coefficient (Wildman–Crippen LogP) is 3.02. The molecule has 0 spiro atoms. The Balaban J connectivity index is 3.51. The monoisotopic (exact) mass is 353 g/mol. The molecule has 134 valence electrons. The SMILES string of the molecule is C=Cc1c(S(=O)(=NC)N[C@H](C=C)C(C)C)cn(C)c1C(=O)OCC. The lowest BCUT2D eigenvalue weighted by Gasteiger charge is -2.21.